The molecule has 4 aliphatic rings. The van der Waals surface area contributed by atoms with Crippen LogP contribution in [0.5, 0.6) is 0 Å². The monoisotopic (exact) mass is 434 g/mol. The largest absolute Gasteiger partial charge is 0.0651 e. The normalized spacial score (nSPS) is 35.5. The smallest absolute Gasteiger partial charge is 0.0159 e. The van der Waals surface area contributed by atoms with Gasteiger partial charge in [0, 0.05) is 0 Å². The lowest BCUT2D eigenvalue weighted by molar-refractivity contribution is 0.0716. The Bertz CT molecular complexity index is 748. The van der Waals surface area contributed by atoms with Crippen LogP contribution >= 0.6 is 0 Å². The Morgan fingerprint density at radius 2 is 1.28 bits per heavy atom. The molecule has 4 atom stereocenters. The van der Waals surface area contributed by atoms with Gasteiger partial charge in [-0.2, -0.15) is 0 Å². The third kappa shape index (κ3) is 4.86. The average Bonchev–Trinajstić information content (AvgIpc) is 3.69. The molecule has 0 N–H and O–H groups in total. The van der Waals surface area contributed by atoms with E-state index in [0.29, 0.717) is 0 Å². The predicted molar refractivity (Wildman–Crippen MR) is 138 cm³/mol. The number of fused-ring (bicyclic) bond motifs is 1. The van der Waals surface area contributed by atoms with E-state index in [9.17, 15) is 0 Å². The Morgan fingerprint density at radius 3 is 1.94 bits per heavy atom. The third-order valence-corrected chi connectivity index (χ3v) is 10.5. The summed E-state index contributed by atoms with van der Waals surface area (Å²) in [4.78, 5) is 0. The number of benzene rings is 1. The summed E-state index contributed by atoms with van der Waals surface area (Å²) in [6.45, 7) is 7.16. The highest BCUT2D eigenvalue weighted by Gasteiger charge is 2.39. The van der Waals surface area contributed by atoms with E-state index in [4.69, 9.17) is 0 Å². The van der Waals surface area contributed by atoms with Gasteiger partial charge in [0.05, 0.1) is 0 Å². The summed E-state index contributed by atoms with van der Waals surface area (Å²) in [6.07, 6.45) is 23.5. The Kier molecular flexibility index (Phi) is 7.35. The molecule has 32 heavy (non-hydrogen) atoms. The second-order valence-corrected chi connectivity index (χ2v) is 12.4. The first-order valence-corrected chi connectivity index (χ1v) is 14.9. The zero-order valence-corrected chi connectivity index (χ0v) is 21.5. The molecule has 0 spiro atoms. The Labute approximate surface area is 199 Å². The van der Waals surface area contributed by atoms with Crippen molar-refractivity contribution >= 4 is 0 Å². The van der Waals surface area contributed by atoms with Gasteiger partial charge in [0.15, 0.2) is 0 Å². The molecular formula is C32H50. The van der Waals surface area contributed by atoms with Gasteiger partial charge in [-0.1, -0.05) is 58.6 Å². The van der Waals surface area contributed by atoms with E-state index in [-0.39, 0.29) is 0 Å². The van der Waals surface area contributed by atoms with Crippen molar-refractivity contribution in [3.63, 3.8) is 0 Å². The maximum absolute atomic E-state index is 2.71. The van der Waals surface area contributed by atoms with Gasteiger partial charge in [0.2, 0.25) is 0 Å². The van der Waals surface area contributed by atoms with Gasteiger partial charge in [-0.05, 0) is 141 Å². The summed E-state index contributed by atoms with van der Waals surface area (Å²) in [5.41, 5.74) is 6.95. The van der Waals surface area contributed by atoms with E-state index in [1.54, 1.807) is 54.4 Å². The molecule has 1 aromatic carbocycles. The number of hydrogen-bond donors (Lipinski definition) is 0. The van der Waals surface area contributed by atoms with Crippen molar-refractivity contribution in [3.05, 3.63) is 34.4 Å². The second kappa shape index (κ2) is 10.2. The SMILES string of the molecule is CCCc1cc(C2CCC3CC(C4CCC(CC)CC4)CCC3C2)cc(C2CC2)c1CC. The second-order valence-electron chi connectivity index (χ2n) is 12.4. The first-order chi connectivity index (χ1) is 15.7. The first kappa shape index (κ1) is 23.0. The van der Waals surface area contributed by atoms with Crippen LogP contribution in [0.1, 0.15) is 145 Å². The molecule has 178 valence electrons. The van der Waals surface area contributed by atoms with Crippen LogP contribution in [0.2, 0.25) is 0 Å². The molecule has 0 heteroatoms. The summed E-state index contributed by atoms with van der Waals surface area (Å²) >= 11 is 0. The molecule has 5 rings (SSSR count). The Morgan fingerprint density at radius 1 is 0.656 bits per heavy atom. The van der Waals surface area contributed by atoms with E-state index < -0.39 is 0 Å². The lowest BCUT2D eigenvalue weighted by Gasteiger charge is -2.45. The Hall–Kier alpha value is -0.780. The molecule has 0 radical (unpaired) electrons. The van der Waals surface area contributed by atoms with Crippen LogP contribution in [0.25, 0.3) is 0 Å². The fourth-order valence-corrected chi connectivity index (χ4v) is 8.42. The average molecular weight is 435 g/mol. The molecule has 1 aromatic rings. The summed E-state index contributed by atoms with van der Waals surface area (Å²) in [6, 6.07) is 5.38. The Balaban J connectivity index is 1.25. The molecule has 4 unspecified atom stereocenters. The summed E-state index contributed by atoms with van der Waals surface area (Å²) in [5.74, 6) is 7.05. The molecule has 0 aromatic heterocycles. The number of rotatable bonds is 7. The molecule has 0 amide bonds. The molecule has 4 saturated carbocycles. The van der Waals surface area contributed by atoms with E-state index >= 15 is 0 Å². The lowest BCUT2D eigenvalue weighted by atomic mass is 9.60. The van der Waals surface area contributed by atoms with Crippen LogP contribution in [-0.2, 0) is 12.8 Å². The van der Waals surface area contributed by atoms with Crippen LogP contribution in [0.3, 0.4) is 0 Å². The fraction of sp³-hybridized carbons (Fsp3) is 0.812. The van der Waals surface area contributed by atoms with Crippen molar-refractivity contribution in [2.75, 3.05) is 0 Å². The van der Waals surface area contributed by atoms with E-state index in [2.05, 4.69) is 32.9 Å². The van der Waals surface area contributed by atoms with Gasteiger partial charge in [-0.15, -0.1) is 0 Å². The molecule has 4 fully saturated rings. The summed E-state index contributed by atoms with van der Waals surface area (Å²) in [7, 11) is 0. The molecule has 0 heterocycles. The van der Waals surface area contributed by atoms with Crippen LogP contribution in [0.4, 0.5) is 0 Å². The van der Waals surface area contributed by atoms with E-state index in [0.717, 1.165) is 41.4 Å². The fourth-order valence-electron chi connectivity index (χ4n) is 8.42. The van der Waals surface area contributed by atoms with Crippen molar-refractivity contribution in [2.24, 2.45) is 29.6 Å². The van der Waals surface area contributed by atoms with Gasteiger partial charge in [-0.3, -0.25) is 0 Å². The third-order valence-electron chi connectivity index (χ3n) is 10.5. The number of aryl methyl sites for hydroxylation is 1. The molecule has 0 nitrogen and oxygen atoms in total. The van der Waals surface area contributed by atoms with Gasteiger partial charge >= 0.3 is 0 Å². The zero-order valence-electron chi connectivity index (χ0n) is 21.5. The van der Waals surface area contributed by atoms with Crippen molar-refractivity contribution in [1.29, 1.82) is 0 Å². The van der Waals surface area contributed by atoms with Crippen LogP contribution in [-0.4, -0.2) is 0 Å². The zero-order chi connectivity index (χ0) is 22.1. The predicted octanol–water partition coefficient (Wildman–Crippen LogP) is 9.60. The summed E-state index contributed by atoms with van der Waals surface area (Å²) < 4.78 is 0. The molecule has 0 bridgehead atoms. The maximum Gasteiger partial charge on any atom is -0.0159 e. The highest BCUT2D eigenvalue weighted by atomic mass is 14.4. The van der Waals surface area contributed by atoms with Crippen molar-refractivity contribution in [1.82, 2.24) is 0 Å². The minimum absolute atomic E-state index is 0.854. The van der Waals surface area contributed by atoms with Crippen LogP contribution < -0.4 is 0 Å². The molecule has 0 aliphatic heterocycles. The van der Waals surface area contributed by atoms with Gasteiger partial charge in [-0.25, -0.2) is 0 Å². The van der Waals surface area contributed by atoms with Gasteiger partial charge in [0.1, 0.15) is 0 Å². The minimum atomic E-state index is 0.854. The van der Waals surface area contributed by atoms with Gasteiger partial charge < -0.3 is 0 Å². The molecular weight excluding hydrogens is 384 g/mol. The van der Waals surface area contributed by atoms with Crippen LogP contribution in [0.15, 0.2) is 12.1 Å². The summed E-state index contributed by atoms with van der Waals surface area (Å²) in [5, 5.41) is 0. The highest BCUT2D eigenvalue weighted by Crippen LogP contribution is 2.52. The van der Waals surface area contributed by atoms with E-state index in [1.807, 2.05) is 0 Å². The van der Waals surface area contributed by atoms with Crippen molar-refractivity contribution in [2.45, 2.75) is 135 Å². The van der Waals surface area contributed by atoms with Crippen LogP contribution in [0, 0.1) is 29.6 Å². The van der Waals surface area contributed by atoms with Gasteiger partial charge in [0.25, 0.3) is 0 Å². The standard InChI is InChI=1S/C32H50/c1-4-7-29-20-30(21-32(24-12-13-24)31(29)6-3)28-17-16-26-18-25(14-15-27(26)19-28)23-10-8-22(5-2)9-11-23/h20-28H,4-19H2,1-3H3. The number of hydrogen-bond acceptors (Lipinski definition) is 0. The van der Waals surface area contributed by atoms with E-state index in [1.165, 1.54) is 70.6 Å². The minimum Gasteiger partial charge on any atom is -0.0651 e. The molecule has 0 saturated heterocycles. The highest BCUT2D eigenvalue weighted by molar-refractivity contribution is 5.44. The van der Waals surface area contributed by atoms with Crippen molar-refractivity contribution < 1.29 is 0 Å². The van der Waals surface area contributed by atoms with Crippen molar-refractivity contribution in [3.8, 4) is 0 Å². The quantitative estimate of drug-likeness (QED) is 0.400. The first-order valence-electron chi connectivity index (χ1n) is 14.9. The topological polar surface area (TPSA) is 0 Å². The molecule has 4 aliphatic carbocycles. The lowest BCUT2D eigenvalue weighted by Crippen LogP contribution is -2.34. The maximum atomic E-state index is 2.71.